The molecule has 0 saturated heterocycles. The number of aryl methyl sites for hydroxylation is 1. The molecule has 0 atom stereocenters. The molecular weight excluding hydrogens is 507 g/mol. The molecule has 2 nitrogen and oxygen atoms in total. The second-order valence-electron chi connectivity index (χ2n) is 7.56. The van der Waals surface area contributed by atoms with Crippen molar-refractivity contribution >= 4 is 54.8 Å². The van der Waals surface area contributed by atoms with Crippen LogP contribution >= 0.6 is 43.2 Å². The molecule has 0 saturated carbocycles. The molecule has 4 aromatic rings. The van der Waals surface area contributed by atoms with Crippen LogP contribution in [0.1, 0.15) is 18.9 Å². The van der Waals surface area contributed by atoms with Gasteiger partial charge in [-0.3, -0.25) is 0 Å². The monoisotopic (exact) mass is 533 g/mol. The second kappa shape index (κ2) is 14.3. The first-order valence-electron chi connectivity index (χ1n) is 11.4. The van der Waals surface area contributed by atoms with Crippen molar-refractivity contribution in [1.29, 1.82) is 0 Å². The highest BCUT2D eigenvalue weighted by Crippen LogP contribution is 2.47. The normalized spacial score (nSPS) is 11.5. The molecule has 4 rings (SSSR count). The molecule has 178 valence electrons. The maximum Gasteiger partial charge on any atom is 0.197 e. The van der Waals surface area contributed by atoms with Crippen molar-refractivity contribution in [2.24, 2.45) is 4.99 Å². The summed E-state index contributed by atoms with van der Waals surface area (Å²) in [5.41, 5.74) is 2.21. The fraction of sp³-hybridized carbons (Fsp3) is 0.138. The van der Waals surface area contributed by atoms with Crippen LogP contribution in [0.5, 0.6) is 5.75 Å². The number of aliphatic imine (C=N–C) groups is 1. The fourth-order valence-corrected chi connectivity index (χ4v) is 8.85. The van der Waals surface area contributed by atoms with Crippen molar-refractivity contribution in [3.8, 4) is 5.75 Å². The smallest absolute Gasteiger partial charge is 0.197 e. The highest BCUT2D eigenvalue weighted by Gasteiger charge is 2.18. The van der Waals surface area contributed by atoms with Crippen molar-refractivity contribution in [3.63, 3.8) is 0 Å². The number of hydrogen-bond donors (Lipinski definition) is 0. The molecule has 0 radical (unpaired) electrons. The summed E-state index contributed by atoms with van der Waals surface area (Å²) in [6.45, 7) is 2.16. The number of rotatable bonds is 11. The summed E-state index contributed by atoms with van der Waals surface area (Å²) < 4.78 is 6.54. The van der Waals surface area contributed by atoms with Crippen LogP contribution in [0.2, 0.25) is 0 Å². The van der Waals surface area contributed by atoms with E-state index >= 15 is 0 Å². The summed E-state index contributed by atoms with van der Waals surface area (Å²) in [5.74, 6) is 1.52. The molecule has 0 aliphatic rings. The average molecular weight is 534 g/mol. The zero-order valence-corrected chi connectivity index (χ0v) is 22.7. The minimum Gasteiger partial charge on any atom is -0.443 e. The third kappa shape index (κ3) is 9.04. The Morgan fingerprint density at radius 1 is 0.686 bits per heavy atom. The molecule has 0 bridgehead atoms. The summed E-state index contributed by atoms with van der Waals surface area (Å²) in [4.78, 5) is 7.41. The van der Waals surface area contributed by atoms with E-state index in [1.165, 1.54) is 15.4 Å². The summed E-state index contributed by atoms with van der Waals surface area (Å²) >= 11 is 0. The lowest BCUT2D eigenvalue weighted by Gasteiger charge is -2.17. The van der Waals surface area contributed by atoms with Crippen LogP contribution in [0.25, 0.3) is 0 Å². The van der Waals surface area contributed by atoms with Crippen molar-refractivity contribution in [2.45, 2.75) is 34.1 Å². The van der Waals surface area contributed by atoms with Gasteiger partial charge in [0, 0.05) is 16.2 Å². The van der Waals surface area contributed by atoms with Gasteiger partial charge in [0.25, 0.3) is 0 Å². The molecule has 6 heteroatoms. The molecule has 0 fully saturated rings. The van der Waals surface area contributed by atoms with Gasteiger partial charge in [0.15, 0.2) is 5.90 Å². The van der Waals surface area contributed by atoms with Gasteiger partial charge in [0.05, 0.1) is 10.3 Å². The Kier molecular flexibility index (Phi) is 10.6. The van der Waals surface area contributed by atoms with Crippen LogP contribution in [0.4, 0.5) is 5.69 Å². The molecule has 0 unspecified atom stereocenters. The zero-order chi connectivity index (χ0) is 24.1. The van der Waals surface area contributed by atoms with Crippen molar-refractivity contribution in [3.05, 3.63) is 121 Å². The van der Waals surface area contributed by atoms with E-state index in [2.05, 4.69) is 91.9 Å². The van der Waals surface area contributed by atoms with Gasteiger partial charge < -0.3 is 4.74 Å². The Labute approximate surface area is 224 Å². The van der Waals surface area contributed by atoms with Crippen LogP contribution in [0.3, 0.4) is 0 Å². The molecule has 0 aliphatic carbocycles. The van der Waals surface area contributed by atoms with Gasteiger partial charge in [-0.1, -0.05) is 117 Å². The van der Waals surface area contributed by atoms with E-state index in [9.17, 15) is 0 Å². The van der Waals surface area contributed by atoms with Crippen LogP contribution in [0, 0.1) is 0 Å². The van der Waals surface area contributed by atoms with Crippen LogP contribution < -0.4 is 4.74 Å². The lowest BCUT2D eigenvalue weighted by Crippen LogP contribution is -2.13. The molecule has 0 N–H and O–H groups in total. The third-order valence-electron chi connectivity index (χ3n) is 4.91. The van der Waals surface area contributed by atoms with Gasteiger partial charge in [-0.25, -0.2) is 4.99 Å². The lowest BCUT2D eigenvalue weighted by atomic mass is 10.1. The summed E-state index contributed by atoms with van der Waals surface area (Å²) in [7, 11) is 7.28. The van der Waals surface area contributed by atoms with E-state index in [1.807, 2.05) is 51.9 Å². The van der Waals surface area contributed by atoms with Crippen LogP contribution in [-0.4, -0.2) is 10.5 Å². The third-order valence-corrected chi connectivity index (χ3v) is 11.2. The first-order valence-corrected chi connectivity index (χ1v) is 15.9. The number of hydrogen-bond acceptors (Lipinski definition) is 6. The van der Waals surface area contributed by atoms with E-state index in [-0.39, 0.29) is 4.58 Å². The van der Waals surface area contributed by atoms with Crippen molar-refractivity contribution in [2.75, 3.05) is 0 Å². The SMILES string of the molecule is CCc1ccc(N=C(CC(SSc2ccccc2)SSc2ccccc2)Oc2ccccc2)cc1. The average Bonchev–Trinajstić information content (AvgIpc) is 2.92. The minimum atomic E-state index is 0.225. The number of benzene rings is 4. The Balaban J connectivity index is 1.54. The standard InChI is InChI=1S/C29H27NOS4/c1-2-23-18-20-24(21-19-23)30-28(31-25-12-6-3-7-13-25)22-29(34-32-26-14-8-4-9-15-26)35-33-27-16-10-5-11-17-27/h3-21,29H,2,22H2,1H3. The van der Waals surface area contributed by atoms with E-state index in [1.54, 1.807) is 21.6 Å². The van der Waals surface area contributed by atoms with E-state index in [0.717, 1.165) is 17.9 Å². The molecule has 0 amide bonds. The lowest BCUT2D eigenvalue weighted by molar-refractivity contribution is 0.535. The van der Waals surface area contributed by atoms with Gasteiger partial charge in [0.1, 0.15) is 5.75 Å². The molecule has 4 aromatic carbocycles. The Morgan fingerprint density at radius 3 is 1.71 bits per heavy atom. The predicted octanol–water partition coefficient (Wildman–Crippen LogP) is 9.96. The molecule has 0 spiro atoms. The Bertz CT molecular complexity index is 1130. The highest BCUT2D eigenvalue weighted by molar-refractivity contribution is 8.85. The second-order valence-corrected chi connectivity index (χ2v) is 12.8. The molecular formula is C29H27NOS4. The molecule has 35 heavy (non-hydrogen) atoms. The maximum absolute atomic E-state index is 6.31. The van der Waals surface area contributed by atoms with Crippen LogP contribution in [-0.2, 0) is 6.42 Å². The quantitative estimate of drug-likeness (QED) is 0.0825. The van der Waals surface area contributed by atoms with Gasteiger partial charge in [-0.15, -0.1) is 0 Å². The Hall–Kier alpha value is -2.25. The summed E-state index contributed by atoms with van der Waals surface area (Å²) in [6, 6.07) is 39.3. The first kappa shape index (κ1) is 25.8. The van der Waals surface area contributed by atoms with Crippen LogP contribution in [0.15, 0.2) is 130 Å². The van der Waals surface area contributed by atoms with Gasteiger partial charge in [-0.2, -0.15) is 0 Å². The molecule has 0 aromatic heterocycles. The molecule has 0 aliphatic heterocycles. The van der Waals surface area contributed by atoms with Crippen molar-refractivity contribution < 1.29 is 4.74 Å². The largest absolute Gasteiger partial charge is 0.443 e. The number of nitrogens with zero attached hydrogens (tertiary/aromatic N) is 1. The zero-order valence-electron chi connectivity index (χ0n) is 19.4. The summed E-state index contributed by atoms with van der Waals surface area (Å²) in [6.07, 6.45) is 1.71. The summed E-state index contributed by atoms with van der Waals surface area (Å²) in [5, 5.41) is 0. The number of ether oxygens (including phenoxy) is 1. The Morgan fingerprint density at radius 2 is 1.20 bits per heavy atom. The van der Waals surface area contributed by atoms with E-state index in [4.69, 9.17) is 9.73 Å². The van der Waals surface area contributed by atoms with E-state index < -0.39 is 0 Å². The molecule has 0 heterocycles. The minimum absolute atomic E-state index is 0.225. The predicted molar refractivity (Wildman–Crippen MR) is 158 cm³/mol. The first-order chi connectivity index (χ1) is 17.3. The fourth-order valence-electron chi connectivity index (χ4n) is 3.08. The highest BCUT2D eigenvalue weighted by atomic mass is 33.1. The van der Waals surface area contributed by atoms with Gasteiger partial charge in [-0.05, 0) is 60.5 Å². The maximum atomic E-state index is 6.31. The topological polar surface area (TPSA) is 21.6 Å². The number of para-hydroxylation sites is 1. The van der Waals surface area contributed by atoms with Crippen molar-refractivity contribution in [1.82, 2.24) is 0 Å². The van der Waals surface area contributed by atoms with Gasteiger partial charge >= 0.3 is 0 Å². The van der Waals surface area contributed by atoms with Gasteiger partial charge in [0.2, 0.25) is 0 Å². The van der Waals surface area contributed by atoms with E-state index in [0.29, 0.717) is 12.3 Å².